The first-order valence-electron chi connectivity index (χ1n) is 6.13. The van der Waals surface area contributed by atoms with E-state index < -0.39 is 0 Å². The van der Waals surface area contributed by atoms with Crippen LogP contribution in [0.4, 0.5) is 5.69 Å². The Morgan fingerprint density at radius 2 is 2.24 bits per heavy atom. The number of benzene rings is 1. The largest absolute Gasteiger partial charge is 0.371 e. The van der Waals surface area contributed by atoms with Gasteiger partial charge >= 0.3 is 0 Å². The molecule has 0 aromatic heterocycles. The van der Waals surface area contributed by atoms with Gasteiger partial charge in [-0.3, -0.25) is 0 Å². The van der Waals surface area contributed by atoms with Crippen molar-refractivity contribution in [1.82, 2.24) is 0 Å². The monoisotopic (exact) mass is 229 g/mol. The second kappa shape index (κ2) is 4.77. The van der Waals surface area contributed by atoms with E-state index in [1.54, 1.807) is 0 Å². The summed E-state index contributed by atoms with van der Waals surface area (Å²) in [5.74, 6) is 0.792. The Labute approximate surface area is 103 Å². The minimum Gasteiger partial charge on any atom is -0.371 e. The summed E-state index contributed by atoms with van der Waals surface area (Å²) in [4.78, 5) is 2.22. The van der Waals surface area contributed by atoms with Crippen molar-refractivity contribution >= 4 is 5.69 Å². The Morgan fingerprint density at radius 3 is 2.76 bits per heavy atom. The number of rotatable bonds is 4. The molecule has 0 amide bonds. The lowest BCUT2D eigenvalue weighted by atomic mass is 10.1. The molecule has 0 aliphatic heterocycles. The zero-order valence-corrected chi connectivity index (χ0v) is 10.5. The first kappa shape index (κ1) is 11.9. The summed E-state index contributed by atoms with van der Waals surface area (Å²) in [6, 6.07) is 8.69. The van der Waals surface area contributed by atoms with Crippen molar-refractivity contribution in [3.63, 3.8) is 0 Å². The van der Waals surface area contributed by atoms with Crippen LogP contribution in [0, 0.1) is 17.2 Å². The van der Waals surface area contributed by atoms with Gasteiger partial charge in [-0.2, -0.15) is 5.26 Å². The Hall–Kier alpha value is -1.53. The Bertz CT molecular complexity index is 443. The maximum atomic E-state index is 9.21. The average molecular weight is 229 g/mol. The van der Waals surface area contributed by atoms with Gasteiger partial charge < -0.3 is 10.6 Å². The highest BCUT2D eigenvalue weighted by Gasteiger charge is 2.31. The Morgan fingerprint density at radius 1 is 1.53 bits per heavy atom. The molecule has 1 fully saturated rings. The van der Waals surface area contributed by atoms with Gasteiger partial charge in [-0.05, 0) is 43.4 Å². The number of hydrogen-bond acceptors (Lipinski definition) is 3. The van der Waals surface area contributed by atoms with E-state index in [1.807, 2.05) is 18.2 Å². The lowest BCUT2D eigenvalue weighted by molar-refractivity contribution is 0.609. The first-order chi connectivity index (χ1) is 8.17. The fourth-order valence-electron chi connectivity index (χ4n) is 2.22. The zero-order valence-electron chi connectivity index (χ0n) is 10.5. The summed E-state index contributed by atoms with van der Waals surface area (Å²) in [6.45, 7) is 2.71. The van der Waals surface area contributed by atoms with Crippen molar-refractivity contribution in [2.75, 3.05) is 11.9 Å². The normalized spacial score (nSPS) is 16.4. The van der Waals surface area contributed by atoms with Crippen molar-refractivity contribution in [2.45, 2.75) is 32.4 Å². The third-order valence-corrected chi connectivity index (χ3v) is 3.71. The van der Waals surface area contributed by atoms with Crippen LogP contribution in [-0.4, -0.2) is 13.1 Å². The van der Waals surface area contributed by atoms with E-state index in [9.17, 15) is 5.26 Å². The molecule has 3 heteroatoms. The van der Waals surface area contributed by atoms with Gasteiger partial charge in [0.05, 0.1) is 11.3 Å². The van der Waals surface area contributed by atoms with Gasteiger partial charge in [-0.15, -0.1) is 0 Å². The maximum Gasteiger partial charge on any atom is 0.101 e. The van der Waals surface area contributed by atoms with Crippen molar-refractivity contribution in [2.24, 2.45) is 11.7 Å². The summed E-state index contributed by atoms with van der Waals surface area (Å²) in [5.41, 5.74) is 8.35. The highest BCUT2D eigenvalue weighted by atomic mass is 15.1. The fraction of sp³-hybridized carbons (Fsp3) is 0.500. The second-order valence-corrected chi connectivity index (χ2v) is 4.86. The van der Waals surface area contributed by atoms with Gasteiger partial charge in [-0.1, -0.05) is 6.07 Å². The minimum absolute atomic E-state index is 0.483. The molecular weight excluding hydrogens is 210 g/mol. The van der Waals surface area contributed by atoms with Crippen LogP contribution in [-0.2, 0) is 6.54 Å². The molecule has 2 rings (SSSR count). The highest BCUT2D eigenvalue weighted by Crippen LogP contribution is 2.37. The van der Waals surface area contributed by atoms with E-state index >= 15 is 0 Å². The molecule has 1 atom stereocenters. The maximum absolute atomic E-state index is 9.21. The van der Waals surface area contributed by atoms with Crippen LogP contribution in [0.3, 0.4) is 0 Å². The molecule has 3 nitrogen and oxygen atoms in total. The number of nitrogens with two attached hydrogens (primary N) is 1. The Balaban J connectivity index is 2.27. The quantitative estimate of drug-likeness (QED) is 0.861. The van der Waals surface area contributed by atoms with Gasteiger partial charge in [-0.25, -0.2) is 0 Å². The summed E-state index contributed by atoms with van der Waals surface area (Å²) < 4.78 is 0. The van der Waals surface area contributed by atoms with Crippen LogP contribution in [0.5, 0.6) is 0 Å². The average Bonchev–Trinajstić information content (AvgIpc) is 3.20. The SMILES string of the molecule is CC(C1CC1)N(C)c1ccc(CN)cc1C#N. The molecule has 2 N–H and O–H groups in total. The van der Waals surface area contributed by atoms with E-state index in [2.05, 4.69) is 24.9 Å². The van der Waals surface area contributed by atoms with Crippen molar-refractivity contribution in [3.8, 4) is 6.07 Å². The van der Waals surface area contributed by atoms with Gasteiger partial charge in [0.1, 0.15) is 6.07 Å². The van der Waals surface area contributed by atoms with Crippen LogP contribution >= 0.6 is 0 Å². The van der Waals surface area contributed by atoms with Crippen molar-refractivity contribution in [3.05, 3.63) is 29.3 Å². The third kappa shape index (κ3) is 2.42. The van der Waals surface area contributed by atoms with E-state index in [1.165, 1.54) is 12.8 Å². The molecule has 0 bridgehead atoms. The summed E-state index contributed by atoms with van der Waals surface area (Å²) in [6.07, 6.45) is 2.63. The molecular formula is C14H19N3. The fourth-order valence-corrected chi connectivity index (χ4v) is 2.22. The molecule has 90 valence electrons. The summed E-state index contributed by atoms with van der Waals surface area (Å²) >= 11 is 0. The lowest BCUT2D eigenvalue weighted by Crippen LogP contribution is -2.31. The van der Waals surface area contributed by atoms with Crippen LogP contribution in [0.1, 0.15) is 30.9 Å². The smallest absolute Gasteiger partial charge is 0.101 e. The van der Waals surface area contributed by atoms with Gasteiger partial charge in [0.2, 0.25) is 0 Å². The van der Waals surface area contributed by atoms with Crippen molar-refractivity contribution < 1.29 is 0 Å². The number of nitriles is 1. The molecule has 1 saturated carbocycles. The standard InChI is InChI=1S/C14H19N3/c1-10(12-4-5-12)17(2)14-6-3-11(8-15)7-13(14)9-16/h3,6-7,10,12H,4-5,8,15H2,1-2H3. The van der Waals surface area contributed by atoms with Gasteiger partial charge in [0.15, 0.2) is 0 Å². The molecule has 0 saturated heterocycles. The van der Waals surface area contributed by atoms with E-state index in [-0.39, 0.29) is 0 Å². The van der Waals surface area contributed by atoms with Crippen molar-refractivity contribution in [1.29, 1.82) is 5.26 Å². The van der Waals surface area contributed by atoms with Crippen LogP contribution in [0.25, 0.3) is 0 Å². The van der Waals surface area contributed by atoms with E-state index in [4.69, 9.17) is 5.73 Å². The zero-order chi connectivity index (χ0) is 12.4. The highest BCUT2D eigenvalue weighted by molar-refractivity contribution is 5.60. The molecule has 1 aromatic rings. The van der Waals surface area contributed by atoms with Gasteiger partial charge in [0, 0.05) is 19.6 Å². The molecule has 1 aromatic carbocycles. The Kier molecular flexibility index (Phi) is 3.35. The van der Waals surface area contributed by atoms with Gasteiger partial charge in [0.25, 0.3) is 0 Å². The lowest BCUT2D eigenvalue weighted by Gasteiger charge is -2.28. The predicted molar refractivity (Wildman–Crippen MR) is 69.6 cm³/mol. The van der Waals surface area contributed by atoms with Crippen LogP contribution in [0.15, 0.2) is 18.2 Å². The second-order valence-electron chi connectivity index (χ2n) is 4.86. The van der Waals surface area contributed by atoms with E-state index in [0.29, 0.717) is 12.6 Å². The number of anilines is 1. The summed E-state index contributed by atoms with van der Waals surface area (Å²) in [5, 5.41) is 9.21. The van der Waals surface area contributed by atoms with Crippen LogP contribution in [0.2, 0.25) is 0 Å². The minimum atomic E-state index is 0.483. The molecule has 1 aliphatic carbocycles. The molecule has 0 spiro atoms. The molecule has 0 heterocycles. The first-order valence-corrected chi connectivity index (χ1v) is 6.13. The predicted octanol–water partition coefficient (Wildman–Crippen LogP) is 2.25. The summed E-state index contributed by atoms with van der Waals surface area (Å²) in [7, 11) is 2.07. The number of nitrogens with zero attached hydrogens (tertiary/aromatic N) is 2. The van der Waals surface area contributed by atoms with E-state index in [0.717, 1.165) is 22.7 Å². The molecule has 1 aliphatic rings. The molecule has 17 heavy (non-hydrogen) atoms. The topological polar surface area (TPSA) is 53.0 Å². The molecule has 0 radical (unpaired) electrons. The molecule has 1 unspecified atom stereocenters. The van der Waals surface area contributed by atoms with Crippen LogP contribution < -0.4 is 10.6 Å². The third-order valence-electron chi connectivity index (χ3n) is 3.71. The number of hydrogen-bond donors (Lipinski definition) is 1.